The van der Waals surface area contributed by atoms with Gasteiger partial charge in [0.2, 0.25) is 0 Å². The molecule has 132 valence electrons. The van der Waals surface area contributed by atoms with Crippen LogP contribution in [-0.2, 0) is 11.3 Å². The van der Waals surface area contributed by atoms with Gasteiger partial charge in [0.1, 0.15) is 18.2 Å². The quantitative estimate of drug-likeness (QED) is 0.597. The largest absolute Gasteiger partial charge is 0.488 e. The fraction of sp³-hybridized carbons (Fsp3) is 0.238. The van der Waals surface area contributed by atoms with Gasteiger partial charge in [-0.05, 0) is 48.7 Å². The van der Waals surface area contributed by atoms with Gasteiger partial charge in [-0.1, -0.05) is 13.0 Å². The third-order valence-electron chi connectivity index (χ3n) is 4.19. The number of esters is 1. The average Bonchev–Trinajstić information content (AvgIpc) is 2.81. The van der Waals surface area contributed by atoms with Crippen molar-refractivity contribution in [3.8, 4) is 11.8 Å². The van der Waals surface area contributed by atoms with E-state index in [1.54, 1.807) is 31.2 Å². The third kappa shape index (κ3) is 3.31. The topological polar surface area (TPSA) is 59.3 Å². The first kappa shape index (κ1) is 17.7. The number of allylic oxidation sites excluding steroid dienone is 1. The van der Waals surface area contributed by atoms with Crippen LogP contribution in [0.1, 0.15) is 47.3 Å². The van der Waals surface area contributed by atoms with Crippen LogP contribution in [0.5, 0.6) is 5.75 Å². The molecule has 26 heavy (non-hydrogen) atoms. The number of rotatable bonds is 3. The second kappa shape index (κ2) is 7.40. The molecule has 0 aromatic heterocycles. The molecule has 0 fully saturated rings. The van der Waals surface area contributed by atoms with E-state index in [0.717, 1.165) is 17.5 Å². The van der Waals surface area contributed by atoms with E-state index in [4.69, 9.17) is 9.47 Å². The standard InChI is InChI=1S/C21H18FNO3/c1-3-8-25-21(24)14-4-6-17-15(9-14)12-26-19-10-16(22)5-7-18(19)20(17)13(2)11-23/h4-7,9-10H,3,8,12H2,1-2H3/b20-13+. The zero-order chi connectivity index (χ0) is 18.7. The maximum atomic E-state index is 13.6. The van der Waals surface area contributed by atoms with E-state index in [1.807, 2.05) is 6.92 Å². The van der Waals surface area contributed by atoms with Gasteiger partial charge in [-0.25, -0.2) is 9.18 Å². The summed E-state index contributed by atoms with van der Waals surface area (Å²) in [7, 11) is 0. The van der Waals surface area contributed by atoms with Crippen LogP contribution in [-0.4, -0.2) is 12.6 Å². The number of fused-ring (bicyclic) bond motifs is 2. The Morgan fingerprint density at radius 1 is 1.27 bits per heavy atom. The van der Waals surface area contributed by atoms with Crippen LogP contribution >= 0.6 is 0 Å². The van der Waals surface area contributed by atoms with Crippen molar-refractivity contribution in [2.75, 3.05) is 6.61 Å². The van der Waals surface area contributed by atoms with E-state index in [-0.39, 0.29) is 6.61 Å². The summed E-state index contributed by atoms with van der Waals surface area (Å²) in [4.78, 5) is 12.1. The zero-order valence-electron chi connectivity index (χ0n) is 14.6. The molecule has 0 radical (unpaired) electrons. The molecule has 3 rings (SSSR count). The van der Waals surface area contributed by atoms with E-state index in [0.29, 0.717) is 34.6 Å². The molecule has 1 aliphatic heterocycles. The van der Waals surface area contributed by atoms with Gasteiger partial charge < -0.3 is 9.47 Å². The maximum absolute atomic E-state index is 13.6. The fourth-order valence-corrected chi connectivity index (χ4v) is 2.94. The van der Waals surface area contributed by atoms with Crippen molar-refractivity contribution in [2.45, 2.75) is 26.9 Å². The van der Waals surface area contributed by atoms with Crippen LogP contribution in [0, 0.1) is 17.1 Å². The molecular weight excluding hydrogens is 333 g/mol. The molecular formula is C21H18FNO3. The number of halogens is 1. The Hall–Kier alpha value is -3.13. The molecule has 0 saturated carbocycles. The molecule has 1 heterocycles. The van der Waals surface area contributed by atoms with Gasteiger partial charge in [-0.2, -0.15) is 5.26 Å². The van der Waals surface area contributed by atoms with E-state index in [1.165, 1.54) is 12.1 Å². The van der Waals surface area contributed by atoms with E-state index >= 15 is 0 Å². The van der Waals surface area contributed by atoms with Gasteiger partial charge in [0.15, 0.2) is 0 Å². The lowest BCUT2D eigenvalue weighted by Gasteiger charge is -2.12. The zero-order valence-corrected chi connectivity index (χ0v) is 14.6. The molecule has 4 nitrogen and oxygen atoms in total. The highest BCUT2D eigenvalue weighted by Crippen LogP contribution is 2.39. The summed E-state index contributed by atoms with van der Waals surface area (Å²) in [5, 5.41) is 9.43. The minimum Gasteiger partial charge on any atom is -0.488 e. The number of nitrogens with zero attached hydrogens (tertiary/aromatic N) is 1. The predicted octanol–water partition coefficient (Wildman–Crippen LogP) is 4.63. The summed E-state index contributed by atoms with van der Waals surface area (Å²) in [6.07, 6.45) is 0.745. The molecule has 0 saturated heterocycles. The normalized spacial score (nSPS) is 14.2. The Bertz CT molecular complexity index is 941. The molecule has 0 unspecified atom stereocenters. The Morgan fingerprint density at radius 2 is 2.04 bits per heavy atom. The second-order valence-corrected chi connectivity index (χ2v) is 6.05. The highest BCUT2D eigenvalue weighted by Gasteiger charge is 2.23. The molecule has 0 aliphatic carbocycles. The summed E-state index contributed by atoms with van der Waals surface area (Å²) in [6, 6.07) is 11.6. The first-order valence-electron chi connectivity index (χ1n) is 8.39. The molecule has 0 N–H and O–H groups in total. The summed E-state index contributed by atoms with van der Waals surface area (Å²) < 4.78 is 24.6. The summed E-state index contributed by atoms with van der Waals surface area (Å²) in [6.45, 7) is 4.16. The van der Waals surface area contributed by atoms with Gasteiger partial charge in [0.05, 0.1) is 18.2 Å². The highest BCUT2D eigenvalue weighted by atomic mass is 19.1. The van der Waals surface area contributed by atoms with Crippen LogP contribution in [0.4, 0.5) is 4.39 Å². The monoisotopic (exact) mass is 351 g/mol. The Labute approximate surface area is 151 Å². The van der Waals surface area contributed by atoms with Gasteiger partial charge in [-0.15, -0.1) is 0 Å². The number of benzene rings is 2. The molecule has 0 amide bonds. The van der Waals surface area contributed by atoms with E-state index < -0.39 is 11.8 Å². The SMILES string of the molecule is CCCOC(=O)c1ccc2c(c1)COc1cc(F)ccc1/C2=C(\C)C#N. The molecule has 2 aromatic rings. The van der Waals surface area contributed by atoms with Crippen LogP contribution in [0.15, 0.2) is 42.0 Å². The Kier molecular flexibility index (Phi) is 5.04. The maximum Gasteiger partial charge on any atom is 0.338 e. The molecule has 0 bridgehead atoms. The second-order valence-electron chi connectivity index (χ2n) is 6.05. The van der Waals surface area contributed by atoms with Gasteiger partial charge in [0.25, 0.3) is 0 Å². The fourth-order valence-electron chi connectivity index (χ4n) is 2.94. The highest BCUT2D eigenvalue weighted by molar-refractivity contribution is 5.93. The summed E-state index contributed by atoms with van der Waals surface area (Å²) >= 11 is 0. The van der Waals surface area contributed by atoms with Crippen LogP contribution in [0.3, 0.4) is 0 Å². The molecule has 1 aliphatic rings. The summed E-state index contributed by atoms with van der Waals surface area (Å²) in [5.74, 6) is -0.432. The van der Waals surface area contributed by atoms with Crippen molar-refractivity contribution < 1.29 is 18.7 Å². The van der Waals surface area contributed by atoms with Crippen LogP contribution < -0.4 is 4.74 Å². The smallest absolute Gasteiger partial charge is 0.338 e. The molecule has 0 spiro atoms. The third-order valence-corrected chi connectivity index (χ3v) is 4.19. The first-order valence-corrected chi connectivity index (χ1v) is 8.39. The van der Waals surface area contributed by atoms with Crippen molar-refractivity contribution in [2.24, 2.45) is 0 Å². The predicted molar refractivity (Wildman–Crippen MR) is 95.1 cm³/mol. The van der Waals surface area contributed by atoms with Crippen molar-refractivity contribution in [1.82, 2.24) is 0 Å². The van der Waals surface area contributed by atoms with Crippen LogP contribution in [0.25, 0.3) is 5.57 Å². The summed E-state index contributed by atoms with van der Waals surface area (Å²) in [5.41, 5.74) is 3.80. The van der Waals surface area contributed by atoms with Crippen LogP contribution in [0.2, 0.25) is 0 Å². The number of carbonyl (C=O) groups excluding carboxylic acids is 1. The van der Waals surface area contributed by atoms with Crippen molar-refractivity contribution >= 4 is 11.5 Å². The number of ether oxygens (including phenoxy) is 2. The number of carbonyl (C=O) groups is 1. The van der Waals surface area contributed by atoms with E-state index in [9.17, 15) is 14.4 Å². The van der Waals surface area contributed by atoms with Gasteiger partial charge in [-0.3, -0.25) is 0 Å². The first-order chi connectivity index (χ1) is 12.5. The molecule has 2 aromatic carbocycles. The number of nitriles is 1. The lowest BCUT2D eigenvalue weighted by Crippen LogP contribution is -2.07. The van der Waals surface area contributed by atoms with Gasteiger partial charge >= 0.3 is 5.97 Å². The van der Waals surface area contributed by atoms with E-state index in [2.05, 4.69) is 6.07 Å². The number of hydrogen-bond acceptors (Lipinski definition) is 4. The van der Waals surface area contributed by atoms with Crippen molar-refractivity contribution in [3.63, 3.8) is 0 Å². The average molecular weight is 351 g/mol. The Balaban J connectivity index is 2.13. The minimum atomic E-state index is -0.410. The number of hydrogen-bond donors (Lipinski definition) is 0. The molecule has 0 atom stereocenters. The lowest BCUT2D eigenvalue weighted by atomic mass is 9.90. The Morgan fingerprint density at radius 3 is 2.77 bits per heavy atom. The lowest BCUT2D eigenvalue weighted by molar-refractivity contribution is 0.0505. The van der Waals surface area contributed by atoms with Crippen molar-refractivity contribution in [1.29, 1.82) is 5.26 Å². The minimum absolute atomic E-state index is 0.170. The van der Waals surface area contributed by atoms with Gasteiger partial charge in [0, 0.05) is 22.8 Å². The molecule has 5 heteroatoms. The van der Waals surface area contributed by atoms with Crippen molar-refractivity contribution in [3.05, 3.63) is 70.0 Å².